The van der Waals surface area contributed by atoms with Gasteiger partial charge in [0.1, 0.15) is 5.75 Å². The number of hydrogen-bond donors (Lipinski definition) is 1. The molecule has 1 fully saturated rings. The quantitative estimate of drug-likeness (QED) is 0.617. The van der Waals surface area contributed by atoms with E-state index in [0.717, 1.165) is 37.1 Å². The van der Waals surface area contributed by atoms with Crippen molar-refractivity contribution in [3.8, 4) is 17.1 Å². The SMILES string of the molecule is CCC1CCCCN1C(=O)CSc1nnc(-c2ccc(OC)cc2)n1N. The van der Waals surface area contributed by atoms with Crippen LogP contribution in [0.3, 0.4) is 0 Å². The molecular weight excluding hydrogens is 350 g/mol. The summed E-state index contributed by atoms with van der Waals surface area (Å²) in [5.41, 5.74) is 0.848. The minimum atomic E-state index is 0.149. The first-order chi connectivity index (χ1) is 12.6. The van der Waals surface area contributed by atoms with E-state index < -0.39 is 0 Å². The number of benzene rings is 1. The highest BCUT2D eigenvalue weighted by Gasteiger charge is 2.25. The fraction of sp³-hybridized carbons (Fsp3) is 0.500. The van der Waals surface area contributed by atoms with E-state index in [1.54, 1.807) is 7.11 Å². The van der Waals surface area contributed by atoms with Crippen molar-refractivity contribution in [2.75, 3.05) is 25.3 Å². The highest BCUT2D eigenvalue weighted by atomic mass is 32.2. The first-order valence-electron chi connectivity index (χ1n) is 8.91. The molecule has 140 valence electrons. The maximum absolute atomic E-state index is 12.6. The van der Waals surface area contributed by atoms with Crippen molar-refractivity contribution in [2.24, 2.45) is 0 Å². The fourth-order valence-electron chi connectivity index (χ4n) is 3.27. The molecule has 3 rings (SSSR count). The number of ether oxygens (including phenoxy) is 1. The lowest BCUT2D eigenvalue weighted by molar-refractivity contribution is -0.132. The van der Waals surface area contributed by atoms with Crippen molar-refractivity contribution in [2.45, 2.75) is 43.8 Å². The topological polar surface area (TPSA) is 86.3 Å². The molecule has 2 aromatic rings. The average molecular weight is 375 g/mol. The van der Waals surface area contributed by atoms with Gasteiger partial charge in [-0.2, -0.15) is 0 Å². The van der Waals surface area contributed by atoms with Crippen molar-refractivity contribution in [1.29, 1.82) is 0 Å². The summed E-state index contributed by atoms with van der Waals surface area (Å²) in [7, 11) is 1.62. The Hall–Kier alpha value is -2.22. The Kier molecular flexibility index (Phi) is 6.03. The Morgan fingerprint density at radius 2 is 2.08 bits per heavy atom. The van der Waals surface area contributed by atoms with Gasteiger partial charge in [-0.25, -0.2) is 4.68 Å². The molecule has 1 amide bonds. The number of nitrogen functional groups attached to an aromatic ring is 1. The van der Waals surface area contributed by atoms with Crippen LogP contribution in [0.4, 0.5) is 0 Å². The first-order valence-corrected chi connectivity index (χ1v) is 9.89. The molecule has 0 radical (unpaired) electrons. The van der Waals surface area contributed by atoms with Crippen LogP contribution >= 0.6 is 11.8 Å². The lowest BCUT2D eigenvalue weighted by Gasteiger charge is -2.35. The molecule has 1 saturated heterocycles. The summed E-state index contributed by atoms with van der Waals surface area (Å²) in [6.07, 6.45) is 4.39. The third kappa shape index (κ3) is 3.95. The molecule has 1 atom stereocenters. The molecule has 1 aliphatic rings. The minimum absolute atomic E-state index is 0.149. The van der Waals surface area contributed by atoms with Crippen LogP contribution in [0, 0.1) is 0 Å². The van der Waals surface area contributed by atoms with Gasteiger partial charge >= 0.3 is 0 Å². The van der Waals surface area contributed by atoms with Crippen LogP contribution in [0.2, 0.25) is 0 Å². The van der Waals surface area contributed by atoms with Gasteiger partial charge in [0, 0.05) is 18.2 Å². The van der Waals surface area contributed by atoms with E-state index in [0.29, 0.717) is 22.8 Å². The normalized spacial score (nSPS) is 17.3. The van der Waals surface area contributed by atoms with Gasteiger partial charge in [0.25, 0.3) is 0 Å². The Balaban J connectivity index is 1.65. The molecule has 26 heavy (non-hydrogen) atoms. The van der Waals surface area contributed by atoms with Gasteiger partial charge in [0.05, 0.1) is 12.9 Å². The third-order valence-corrected chi connectivity index (χ3v) is 5.68. The highest BCUT2D eigenvalue weighted by molar-refractivity contribution is 7.99. The lowest BCUT2D eigenvalue weighted by atomic mass is 10.0. The number of nitrogens with two attached hydrogens (primary N) is 1. The molecule has 1 unspecified atom stereocenters. The molecule has 2 heterocycles. The maximum Gasteiger partial charge on any atom is 0.233 e. The van der Waals surface area contributed by atoms with Gasteiger partial charge in [-0.1, -0.05) is 18.7 Å². The van der Waals surface area contributed by atoms with Crippen LogP contribution in [0.25, 0.3) is 11.4 Å². The second-order valence-electron chi connectivity index (χ2n) is 6.34. The molecule has 0 bridgehead atoms. The number of nitrogens with zero attached hydrogens (tertiary/aromatic N) is 4. The molecule has 0 spiro atoms. The molecule has 0 aliphatic carbocycles. The summed E-state index contributed by atoms with van der Waals surface area (Å²) in [4.78, 5) is 14.6. The van der Waals surface area contributed by atoms with Crippen LogP contribution in [0.5, 0.6) is 5.75 Å². The van der Waals surface area contributed by atoms with Gasteiger partial charge in [0.2, 0.25) is 11.1 Å². The minimum Gasteiger partial charge on any atom is -0.497 e. The molecule has 2 N–H and O–H groups in total. The van der Waals surface area contributed by atoms with Crippen molar-refractivity contribution in [1.82, 2.24) is 19.8 Å². The Morgan fingerprint density at radius 3 is 2.77 bits per heavy atom. The number of hydrogen-bond acceptors (Lipinski definition) is 6. The van der Waals surface area contributed by atoms with E-state index >= 15 is 0 Å². The number of carbonyl (C=O) groups excluding carboxylic acids is 1. The van der Waals surface area contributed by atoms with Gasteiger partial charge in [-0.3, -0.25) is 4.79 Å². The second-order valence-corrected chi connectivity index (χ2v) is 7.28. The monoisotopic (exact) mass is 375 g/mol. The molecule has 1 aromatic heterocycles. The third-order valence-electron chi connectivity index (χ3n) is 4.76. The number of amides is 1. The number of carbonyl (C=O) groups is 1. The zero-order valence-electron chi connectivity index (χ0n) is 15.2. The number of rotatable bonds is 6. The van der Waals surface area contributed by atoms with Gasteiger partial charge in [0.15, 0.2) is 5.82 Å². The molecule has 1 aromatic carbocycles. The number of methoxy groups -OCH3 is 1. The Bertz CT molecular complexity index is 747. The van der Waals surface area contributed by atoms with E-state index in [4.69, 9.17) is 10.6 Å². The molecule has 1 aliphatic heterocycles. The predicted molar refractivity (Wildman–Crippen MR) is 103 cm³/mol. The summed E-state index contributed by atoms with van der Waals surface area (Å²) >= 11 is 1.33. The summed E-state index contributed by atoms with van der Waals surface area (Å²) in [5.74, 6) is 7.94. The molecule has 0 saturated carbocycles. The zero-order chi connectivity index (χ0) is 18.5. The first kappa shape index (κ1) is 18.6. The van der Waals surface area contributed by atoms with Crippen LogP contribution in [-0.2, 0) is 4.79 Å². The second kappa shape index (κ2) is 8.44. The zero-order valence-corrected chi connectivity index (χ0v) is 16.0. The summed E-state index contributed by atoms with van der Waals surface area (Å²) in [5, 5.41) is 8.84. The summed E-state index contributed by atoms with van der Waals surface area (Å²) in [6, 6.07) is 7.82. The molecule has 8 heteroatoms. The van der Waals surface area contributed by atoms with Crippen LogP contribution in [0.15, 0.2) is 29.4 Å². The van der Waals surface area contributed by atoms with Crippen molar-refractivity contribution in [3.05, 3.63) is 24.3 Å². The van der Waals surface area contributed by atoms with Gasteiger partial charge in [-0.15, -0.1) is 10.2 Å². The average Bonchev–Trinajstić information content (AvgIpc) is 3.06. The van der Waals surface area contributed by atoms with Crippen LogP contribution in [0.1, 0.15) is 32.6 Å². The standard InChI is InChI=1S/C18H25N5O2S/c1-3-14-6-4-5-11-22(14)16(24)12-26-18-21-20-17(23(18)19)13-7-9-15(25-2)10-8-13/h7-10,14H,3-6,11-12,19H2,1-2H3. The predicted octanol–water partition coefficient (Wildman–Crippen LogP) is 2.55. The number of likely N-dealkylation sites (tertiary alicyclic amines) is 1. The van der Waals surface area contributed by atoms with Crippen molar-refractivity contribution in [3.63, 3.8) is 0 Å². The van der Waals surface area contributed by atoms with Crippen LogP contribution < -0.4 is 10.6 Å². The fourth-order valence-corrected chi connectivity index (χ4v) is 4.02. The Morgan fingerprint density at radius 1 is 1.31 bits per heavy atom. The van der Waals surface area contributed by atoms with E-state index in [-0.39, 0.29) is 5.91 Å². The molecule has 7 nitrogen and oxygen atoms in total. The Labute approximate surface area is 157 Å². The largest absolute Gasteiger partial charge is 0.497 e. The summed E-state index contributed by atoms with van der Waals surface area (Å²) < 4.78 is 6.60. The lowest BCUT2D eigenvalue weighted by Crippen LogP contribution is -2.44. The van der Waals surface area contributed by atoms with Gasteiger partial charge in [-0.05, 0) is 49.9 Å². The highest BCUT2D eigenvalue weighted by Crippen LogP contribution is 2.25. The number of aromatic nitrogens is 3. The van der Waals surface area contributed by atoms with Crippen LogP contribution in [-0.4, -0.2) is 51.1 Å². The molecular formula is C18H25N5O2S. The number of piperidine rings is 1. The maximum atomic E-state index is 12.6. The van der Waals surface area contributed by atoms with E-state index in [1.165, 1.54) is 22.9 Å². The van der Waals surface area contributed by atoms with E-state index in [1.807, 2.05) is 29.2 Å². The smallest absolute Gasteiger partial charge is 0.233 e. The van der Waals surface area contributed by atoms with E-state index in [9.17, 15) is 4.79 Å². The van der Waals surface area contributed by atoms with Gasteiger partial charge < -0.3 is 15.5 Å². The van der Waals surface area contributed by atoms with Crippen molar-refractivity contribution >= 4 is 17.7 Å². The van der Waals surface area contributed by atoms with E-state index in [2.05, 4.69) is 17.1 Å². The number of thioether (sulfide) groups is 1. The summed E-state index contributed by atoms with van der Waals surface area (Å²) in [6.45, 7) is 2.99. The van der Waals surface area contributed by atoms with Crippen molar-refractivity contribution < 1.29 is 9.53 Å².